The number of hydrogen-bond acceptors (Lipinski definition) is 0. The van der Waals surface area contributed by atoms with Crippen molar-refractivity contribution in [3.8, 4) is 0 Å². The Morgan fingerprint density at radius 2 is 1.50 bits per heavy atom. The number of rotatable bonds is 0. The minimum atomic E-state index is -2.59. The van der Waals surface area contributed by atoms with E-state index >= 15 is 0 Å². The van der Waals surface area contributed by atoms with Crippen molar-refractivity contribution in [1.29, 1.82) is 0 Å². The van der Waals surface area contributed by atoms with Crippen molar-refractivity contribution in [2.24, 2.45) is 0 Å². The number of allylic oxidation sites excluding steroid dienone is 4. The van der Waals surface area contributed by atoms with Gasteiger partial charge in [-0.3, -0.25) is 0 Å². The second-order valence-electron chi connectivity index (χ2n) is 5.89. The molecule has 2 aliphatic carbocycles. The van der Waals surface area contributed by atoms with Gasteiger partial charge in [-0.05, 0) is 0 Å². The van der Waals surface area contributed by atoms with Gasteiger partial charge in [-0.2, -0.15) is 0 Å². The van der Waals surface area contributed by atoms with Crippen LogP contribution in [-0.2, 0) is 0 Å². The van der Waals surface area contributed by atoms with Crippen molar-refractivity contribution >= 4 is 25.7 Å². The van der Waals surface area contributed by atoms with Crippen LogP contribution in [-0.4, -0.2) is 25.7 Å². The fourth-order valence-electron chi connectivity index (χ4n) is 5.38. The molecule has 2 atom stereocenters. The van der Waals surface area contributed by atoms with Crippen LogP contribution < -0.4 is 0 Å². The molecule has 0 bridgehead atoms. The Bertz CT molecular complexity index is 522. The van der Waals surface area contributed by atoms with Gasteiger partial charge in [-0.1, -0.05) is 0 Å². The Labute approximate surface area is 102 Å². The molecule has 5 rings (SSSR count). The molecular formula is C14H16Se2. The number of fused-ring (bicyclic) bond motifs is 2. The van der Waals surface area contributed by atoms with Gasteiger partial charge >= 0.3 is 102 Å². The summed E-state index contributed by atoms with van der Waals surface area (Å²) in [4.78, 5) is 12.8. The number of hydrogen-bond donors (Lipinski definition) is 0. The van der Waals surface area contributed by atoms with Crippen LogP contribution in [0.4, 0.5) is 0 Å². The zero-order valence-electron chi connectivity index (χ0n) is 9.26. The fraction of sp³-hybridized carbons (Fsp3) is 0.429. The summed E-state index contributed by atoms with van der Waals surface area (Å²) in [6.45, 7) is 0. The predicted octanol–water partition coefficient (Wildman–Crippen LogP) is 3.45. The molecule has 0 saturated carbocycles. The molecule has 2 heteroatoms. The van der Waals surface area contributed by atoms with Gasteiger partial charge in [0, 0.05) is 0 Å². The third-order valence-corrected chi connectivity index (χ3v) is 27.6. The molecule has 1 spiro atoms. The normalized spacial score (nSPS) is 49.5. The molecule has 3 aliphatic heterocycles. The van der Waals surface area contributed by atoms with Gasteiger partial charge in [0.2, 0.25) is 0 Å². The second kappa shape index (κ2) is 2.04. The molecule has 2 fully saturated rings. The van der Waals surface area contributed by atoms with Crippen LogP contribution in [0.5, 0.6) is 0 Å². The third kappa shape index (κ3) is 0.483. The topological polar surface area (TPSA) is 0 Å². The van der Waals surface area contributed by atoms with Crippen LogP contribution in [0.3, 0.4) is 0 Å². The molecule has 84 valence electrons. The van der Waals surface area contributed by atoms with Crippen LogP contribution in [0.25, 0.3) is 0 Å². The van der Waals surface area contributed by atoms with E-state index in [0.717, 1.165) is 9.63 Å². The second-order valence-corrected chi connectivity index (χ2v) is 20.9. The molecule has 0 N–H and O–H groups in total. The first kappa shape index (κ1) is 9.00. The van der Waals surface area contributed by atoms with E-state index < -0.39 is 10.7 Å². The summed E-state index contributed by atoms with van der Waals surface area (Å²) in [6, 6.07) is 0. The van der Waals surface area contributed by atoms with E-state index in [0.29, 0.717) is 15.0 Å². The van der Waals surface area contributed by atoms with E-state index in [1.165, 1.54) is 25.7 Å². The molecule has 5 aliphatic rings. The summed E-state index contributed by atoms with van der Waals surface area (Å²) in [7, 11) is -2.59. The monoisotopic (exact) mass is 344 g/mol. The van der Waals surface area contributed by atoms with E-state index in [2.05, 4.69) is 32.0 Å². The molecule has 0 amide bonds. The van der Waals surface area contributed by atoms with E-state index in [-0.39, 0.29) is 0 Å². The fourth-order valence-corrected chi connectivity index (χ4v) is 37.2. The molecule has 0 radical (unpaired) electrons. The molecule has 0 aromatic rings. The van der Waals surface area contributed by atoms with Crippen molar-refractivity contribution in [2.45, 2.75) is 35.3 Å². The first-order chi connectivity index (χ1) is 7.82. The summed E-state index contributed by atoms with van der Waals surface area (Å²) in [5.74, 6) is 0. The van der Waals surface area contributed by atoms with Crippen LogP contribution in [0.15, 0.2) is 41.0 Å². The van der Waals surface area contributed by atoms with Crippen molar-refractivity contribution in [3.63, 3.8) is 0 Å². The molecule has 2 unspecified atom stereocenters. The SMILES string of the molecule is C1=C[Se]23(C=C[Se]1)(C1=CCCC12)C1=CCCC13. The van der Waals surface area contributed by atoms with Crippen molar-refractivity contribution in [2.75, 3.05) is 0 Å². The molecule has 16 heavy (non-hydrogen) atoms. The summed E-state index contributed by atoms with van der Waals surface area (Å²) in [5, 5.41) is 0. The first-order valence-corrected chi connectivity index (χ1v) is 13.9. The van der Waals surface area contributed by atoms with E-state index in [4.69, 9.17) is 0 Å². The van der Waals surface area contributed by atoms with E-state index in [9.17, 15) is 0 Å². The standard InChI is InChI=1S/C14H16Se2/c1-3-11-12(4-1)16(11,9-7-15-8-10-16)13-5-2-6-14(13)16/h3,5,7-10,12,14H,1-2,4,6H2. The van der Waals surface area contributed by atoms with Crippen molar-refractivity contribution in [3.05, 3.63) is 41.0 Å². The van der Waals surface area contributed by atoms with Crippen LogP contribution >= 0.6 is 0 Å². The van der Waals surface area contributed by atoms with Crippen molar-refractivity contribution in [1.82, 2.24) is 0 Å². The Kier molecular flexibility index (Phi) is 1.14. The first-order valence-electron chi connectivity index (χ1n) is 6.28. The van der Waals surface area contributed by atoms with Gasteiger partial charge in [-0.15, -0.1) is 0 Å². The van der Waals surface area contributed by atoms with Gasteiger partial charge in [0.15, 0.2) is 0 Å². The maximum absolute atomic E-state index is 2.80. The zero-order valence-corrected chi connectivity index (χ0v) is 12.7. The average molecular weight is 342 g/mol. The van der Waals surface area contributed by atoms with Crippen molar-refractivity contribution < 1.29 is 0 Å². The van der Waals surface area contributed by atoms with Gasteiger partial charge < -0.3 is 0 Å². The molecule has 2 saturated heterocycles. The minimum absolute atomic E-state index is 0.655. The quantitative estimate of drug-likeness (QED) is 0.592. The molecule has 0 nitrogen and oxygen atoms in total. The van der Waals surface area contributed by atoms with Gasteiger partial charge in [0.05, 0.1) is 0 Å². The summed E-state index contributed by atoms with van der Waals surface area (Å²) >= 11 is 0.655. The van der Waals surface area contributed by atoms with E-state index in [1.54, 1.807) is 0 Å². The van der Waals surface area contributed by atoms with Crippen LogP contribution in [0.2, 0.25) is 9.63 Å². The Morgan fingerprint density at radius 1 is 0.938 bits per heavy atom. The third-order valence-electron chi connectivity index (χ3n) is 5.96. The van der Waals surface area contributed by atoms with Crippen LogP contribution in [0.1, 0.15) is 25.7 Å². The predicted molar refractivity (Wildman–Crippen MR) is 71.9 cm³/mol. The molecule has 0 aromatic heterocycles. The molecular weight excluding hydrogens is 326 g/mol. The summed E-state index contributed by atoms with van der Waals surface area (Å²) in [5.41, 5.74) is 0. The Balaban J connectivity index is 1.95. The molecule has 0 aromatic carbocycles. The summed E-state index contributed by atoms with van der Waals surface area (Å²) in [6.07, 6.45) is 10.9. The van der Waals surface area contributed by atoms with Gasteiger partial charge in [0.1, 0.15) is 0 Å². The van der Waals surface area contributed by atoms with Gasteiger partial charge in [0.25, 0.3) is 0 Å². The molecule has 3 heterocycles. The Hall–Kier alpha value is -0.00104. The summed E-state index contributed by atoms with van der Waals surface area (Å²) < 4.78 is 3.90. The van der Waals surface area contributed by atoms with E-state index in [1.807, 2.05) is 8.94 Å². The van der Waals surface area contributed by atoms with Gasteiger partial charge in [-0.25, -0.2) is 0 Å². The Morgan fingerprint density at radius 3 is 1.94 bits per heavy atom. The van der Waals surface area contributed by atoms with Crippen LogP contribution in [0, 0.1) is 0 Å². The maximum atomic E-state index is 2.80. The average Bonchev–Trinajstić information content (AvgIpc) is 2.94. The zero-order chi connectivity index (χ0) is 10.5.